The topological polar surface area (TPSA) is 116 Å². The Morgan fingerprint density at radius 1 is 1.33 bits per heavy atom. The van der Waals surface area contributed by atoms with Crippen LogP contribution in [-0.4, -0.2) is 30.6 Å². The van der Waals surface area contributed by atoms with E-state index in [2.05, 4.69) is 20.4 Å². The highest BCUT2D eigenvalue weighted by Gasteiger charge is 2.62. The first-order chi connectivity index (χ1) is 12.9. The van der Waals surface area contributed by atoms with Crippen LogP contribution in [0.25, 0.3) is 0 Å². The van der Waals surface area contributed by atoms with E-state index in [0.29, 0.717) is 23.4 Å². The summed E-state index contributed by atoms with van der Waals surface area (Å²) in [5, 5.41) is 18.8. The maximum absolute atomic E-state index is 13.3. The highest BCUT2D eigenvalue weighted by atomic mass is 32.1. The molecule has 0 saturated heterocycles. The van der Waals surface area contributed by atoms with Crippen LogP contribution in [0.5, 0.6) is 0 Å². The van der Waals surface area contributed by atoms with Crippen molar-refractivity contribution in [1.29, 1.82) is 0 Å². The van der Waals surface area contributed by atoms with Gasteiger partial charge in [0.25, 0.3) is 0 Å². The molecule has 2 heterocycles. The summed E-state index contributed by atoms with van der Waals surface area (Å²) in [5.74, 6) is 0.545. The number of carbonyl (C=O) groups is 1. The fraction of sp³-hybridized carbons (Fsp3) is 0.647. The Bertz CT molecular complexity index is 923. The highest BCUT2D eigenvalue weighted by Crippen LogP contribution is 2.64. The van der Waals surface area contributed by atoms with Gasteiger partial charge in [-0.05, 0) is 62.2 Å². The maximum Gasteiger partial charge on any atom is 0.490 e. The van der Waals surface area contributed by atoms with Crippen LogP contribution in [0.2, 0.25) is 0 Å². The van der Waals surface area contributed by atoms with Gasteiger partial charge in [-0.15, -0.1) is 11.3 Å². The van der Waals surface area contributed by atoms with Crippen LogP contribution in [0.1, 0.15) is 43.4 Å². The standard InChI is InChI=1S/C17H20N6O3S/c1-10-7-18-15(27-10)20-13(24)16-3-11-2-12(4-16)6-17(5-11,8-16)22-9-19-14(21-22)23(25)26/h7,9,11-12H,2-6,8H2,1H3,(H,18,20,24)/t11-,12-,16?,17?/m0/s1. The Hall–Kier alpha value is -2.36. The molecule has 4 saturated carbocycles. The Morgan fingerprint density at radius 3 is 2.67 bits per heavy atom. The van der Waals surface area contributed by atoms with Gasteiger partial charge >= 0.3 is 5.95 Å². The van der Waals surface area contributed by atoms with E-state index in [0.717, 1.165) is 37.0 Å². The van der Waals surface area contributed by atoms with E-state index in [1.165, 1.54) is 17.7 Å². The summed E-state index contributed by atoms with van der Waals surface area (Å²) in [6, 6.07) is 0. The number of nitro groups is 1. The van der Waals surface area contributed by atoms with E-state index < -0.39 is 10.3 Å². The number of nitrogens with zero attached hydrogens (tertiary/aromatic N) is 5. The van der Waals surface area contributed by atoms with Crippen molar-refractivity contribution in [1.82, 2.24) is 19.7 Å². The average molecular weight is 388 g/mol. The molecular weight excluding hydrogens is 368 g/mol. The summed E-state index contributed by atoms with van der Waals surface area (Å²) >= 11 is 1.48. The second-order valence-electron chi connectivity index (χ2n) is 8.44. The van der Waals surface area contributed by atoms with E-state index >= 15 is 0 Å². The molecule has 2 atom stereocenters. The minimum absolute atomic E-state index is 0.0324. The number of aryl methyl sites for hydroxylation is 1. The zero-order chi connectivity index (χ0) is 18.8. The van der Waals surface area contributed by atoms with Crippen LogP contribution >= 0.6 is 11.3 Å². The molecule has 0 aromatic carbocycles. The number of nitrogens with one attached hydrogen (secondary N) is 1. The molecule has 27 heavy (non-hydrogen) atoms. The predicted molar refractivity (Wildman–Crippen MR) is 97.2 cm³/mol. The fourth-order valence-electron chi connectivity index (χ4n) is 5.96. The second kappa shape index (κ2) is 5.57. The fourth-order valence-corrected chi connectivity index (χ4v) is 6.62. The van der Waals surface area contributed by atoms with Crippen molar-refractivity contribution in [3.05, 3.63) is 27.5 Å². The number of aromatic nitrogens is 4. The number of carbonyl (C=O) groups excluding carboxylic acids is 1. The summed E-state index contributed by atoms with van der Waals surface area (Å²) in [6.45, 7) is 1.96. The number of hydrogen-bond donors (Lipinski definition) is 1. The smallest absolute Gasteiger partial charge is 0.390 e. The lowest BCUT2D eigenvalue weighted by molar-refractivity contribution is -0.394. The van der Waals surface area contributed by atoms with Crippen molar-refractivity contribution in [2.24, 2.45) is 17.3 Å². The van der Waals surface area contributed by atoms with Crippen LogP contribution < -0.4 is 5.32 Å². The number of thiazole rings is 1. The molecule has 0 spiro atoms. The summed E-state index contributed by atoms with van der Waals surface area (Å²) in [5.41, 5.74) is -0.800. The molecule has 0 radical (unpaired) electrons. The zero-order valence-electron chi connectivity index (χ0n) is 14.9. The van der Waals surface area contributed by atoms with Crippen LogP contribution in [0.4, 0.5) is 11.1 Å². The molecule has 2 aromatic rings. The van der Waals surface area contributed by atoms with Gasteiger partial charge in [0.05, 0.1) is 11.0 Å². The summed E-state index contributed by atoms with van der Waals surface area (Å²) < 4.78 is 1.68. The van der Waals surface area contributed by atoms with E-state index in [1.807, 2.05) is 6.92 Å². The third-order valence-corrected chi connectivity index (χ3v) is 7.31. The lowest BCUT2D eigenvalue weighted by atomic mass is 9.46. The molecule has 9 nitrogen and oxygen atoms in total. The molecule has 4 fully saturated rings. The van der Waals surface area contributed by atoms with Crippen molar-refractivity contribution in [2.75, 3.05) is 5.32 Å². The molecule has 10 heteroatoms. The normalized spacial score (nSPS) is 34.0. The van der Waals surface area contributed by atoms with Gasteiger partial charge in [-0.3, -0.25) is 4.79 Å². The average Bonchev–Trinajstić information content (AvgIpc) is 3.23. The Balaban J connectivity index is 1.47. The van der Waals surface area contributed by atoms with Crippen molar-refractivity contribution >= 4 is 28.3 Å². The Morgan fingerprint density at radius 2 is 2.07 bits per heavy atom. The number of anilines is 1. The largest absolute Gasteiger partial charge is 0.490 e. The third-order valence-electron chi connectivity index (χ3n) is 6.48. The molecule has 4 aliphatic rings. The van der Waals surface area contributed by atoms with E-state index in [4.69, 9.17) is 0 Å². The van der Waals surface area contributed by atoms with Crippen molar-refractivity contribution in [3.8, 4) is 0 Å². The van der Waals surface area contributed by atoms with Crippen molar-refractivity contribution in [3.63, 3.8) is 0 Å². The number of hydrogen-bond acceptors (Lipinski definition) is 7. The minimum Gasteiger partial charge on any atom is -0.390 e. The van der Waals surface area contributed by atoms with E-state index in [1.54, 1.807) is 10.9 Å². The van der Waals surface area contributed by atoms with Crippen LogP contribution in [0.3, 0.4) is 0 Å². The van der Waals surface area contributed by atoms with Gasteiger partial charge in [0.15, 0.2) is 5.13 Å². The van der Waals surface area contributed by atoms with Gasteiger partial charge in [0.1, 0.15) is 0 Å². The zero-order valence-corrected chi connectivity index (χ0v) is 15.7. The first-order valence-corrected chi connectivity index (χ1v) is 10.00. The summed E-state index contributed by atoms with van der Waals surface area (Å²) in [6.07, 6.45) is 8.59. The molecule has 0 unspecified atom stereocenters. The van der Waals surface area contributed by atoms with Gasteiger partial charge in [0.2, 0.25) is 12.2 Å². The van der Waals surface area contributed by atoms with Gasteiger partial charge in [-0.2, -0.15) is 4.68 Å². The molecule has 2 aromatic heterocycles. The van der Waals surface area contributed by atoms with E-state index in [9.17, 15) is 14.9 Å². The third kappa shape index (κ3) is 2.57. The SMILES string of the molecule is Cc1cnc(NC(=O)C23C[C@@H]4C[C@@H](C2)CC(n2cnc([N+](=O)[O-])n2)(C4)C3)s1. The maximum atomic E-state index is 13.3. The van der Waals surface area contributed by atoms with Crippen LogP contribution in [0.15, 0.2) is 12.5 Å². The molecule has 6 rings (SSSR count). The second-order valence-corrected chi connectivity index (χ2v) is 9.68. The molecule has 0 aliphatic heterocycles. The highest BCUT2D eigenvalue weighted by molar-refractivity contribution is 7.15. The molecule has 142 valence electrons. The number of amides is 1. The molecular formula is C17H20N6O3S. The summed E-state index contributed by atoms with van der Waals surface area (Å²) in [7, 11) is 0. The van der Waals surface area contributed by atoms with E-state index in [-0.39, 0.29) is 17.4 Å². The van der Waals surface area contributed by atoms with Gasteiger partial charge in [-0.25, -0.2) is 4.98 Å². The lowest BCUT2D eigenvalue weighted by Crippen LogP contribution is -2.60. The number of rotatable bonds is 4. The molecule has 4 aliphatic carbocycles. The monoisotopic (exact) mass is 388 g/mol. The van der Waals surface area contributed by atoms with Crippen LogP contribution in [0, 0.1) is 34.3 Å². The minimum atomic E-state index is -0.565. The Labute approximate surface area is 159 Å². The van der Waals surface area contributed by atoms with Gasteiger partial charge in [-0.1, -0.05) is 4.98 Å². The molecule has 1 N–H and O–H groups in total. The predicted octanol–water partition coefficient (Wildman–Crippen LogP) is 2.89. The lowest BCUT2D eigenvalue weighted by Gasteiger charge is -2.60. The van der Waals surface area contributed by atoms with Gasteiger partial charge < -0.3 is 15.4 Å². The van der Waals surface area contributed by atoms with Crippen LogP contribution in [-0.2, 0) is 10.3 Å². The van der Waals surface area contributed by atoms with Crippen molar-refractivity contribution < 1.29 is 9.72 Å². The first-order valence-electron chi connectivity index (χ1n) is 9.18. The van der Waals surface area contributed by atoms with Gasteiger partial charge in [0, 0.05) is 16.2 Å². The Kier molecular flexibility index (Phi) is 3.46. The summed E-state index contributed by atoms with van der Waals surface area (Å²) in [4.78, 5) is 32.9. The first kappa shape index (κ1) is 16.8. The molecule has 1 amide bonds. The van der Waals surface area contributed by atoms with Crippen molar-refractivity contribution in [2.45, 2.75) is 51.0 Å². The molecule has 4 bridgehead atoms. The quantitative estimate of drug-likeness (QED) is 0.636.